The summed E-state index contributed by atoms with van der Waals surface area (Å²) in [5, 5.41) is 11.8. The van der Waals surface area contributed by atoms with Crippen LogP contribution in [-0.2, 0) is 11.3 Å². The molecule has 84 valence electrons. The topological polar surface area (TPSA) is 45.1 Å². The van der Waals surface area contributed by atoms with Crippen molar-refractivity contribution < 1.29 is 9.90 Å². The van der Waals surface area contributed by atoms with Gasteiger partial charge in [0.15, 0.2) is 0 Å². The second-order valence-electron chi connectivity index (χ2n) is 4.26. The van der Waals surface area contributed by atoms with Gasteiger partial charge in [0.25, 0.3) is 0 Å². The van der Waals surface area contributed by atoms with Crippen LogP contribution < -0.4 is 5.11 Å². The van der Waals surface area contributed by atoms with Crippen molar-refractivity contribution in [3.05, 3.63) is 35.0 Å². The summed E-state index contributed by atoms with van der Waals surface area (Å²) in [4.78, 5) is 10.7. The van der Waals surface area contributed by atoms with E-state index in [1.54, 1.807) is 4.57 Å². The van der Waals surface area contributed by atoms with Crippen molar-refractivity contribution in [3.63, 3.8) is 0 Å². The van der Waals surface area contributed by atoms with Crippen LogP contribution in [0.4, 0.5) is 0 Å². The average Bonchev–Trinajstić information content (AvgIpc) is 2.41. The molecule has 1 aromatic carbocycles. The van der Waals surface area contributed by atoms with Gasteiger partial charge in [0.2, 0.25) is 0 Å². The molecule has 3 heteroatoms. The highest BCUT2D eigenvalue weighted by atomic mass is 16.4. The van der Waals surface area contributed by atoms with E-state index in [-0.39, 0.29) is 6.54 Å². The van der Waals surface area contributed by atoms with Crippen LogP contribution in [-0.4, -0.2) is 10.5 Å². The second kappa shape index (κ2) is 3.67. The number of carboxylic acids is 1. The highest BCUT2D eigenvalue weighted by molar-refractivity contribution is 5.86. The fraction of sp³-hybridized carbons (Fsp3) is 0.308. The number of rotatable bonds is 2. The third-order valence-corrected chi connectivity index (χ3v) is 2.82. The Hall–Kier alpha value is -1.77. The van der Waals surface area contributed by atoms with Crippen molar-refractivity contribution in [2.45, 2.75) is 27.3 Å². The van der Waals surface area contributed by atoms with Crippen molar-refractivity contribution in [1.82, 2.24) is 4.57 Å². The second-order valence-corrected chi connectivity index (χ2v) is 4.26. The van der Waals surface area contributed by atoms with E-state index in [2.05, 4.69) is 12.1 Å². The van der Waals surface area contributed by atoms with E-state index < -0.39 is 5.97 Å². The molecule has 0 aliphatic heterocycles. The van der Waals surface area contributed by atoms with E-state index in [1.807, 2.05) is 26.8 Å². The van der Waals surface area contributed by atoms with Gasteiger partial charge in [-0.1, -0.05) is 11.6 Å². The van der Waals surface area contributed by atoms with Crippen LogP contribution >= 0.6 is 0 Å². The number of aromatic nitrogens is 1. The number of carboxylic acid groups (broad SMARTS) is 1. The van der Waals surface area contributed by atoms with Gasteiger partial charge in [-0.25, -0.2) is 0 Å². The van der Waals surface area contributed by atoms with Crippen molar-refractivity contribution >= 4 is 16.9 Å². The number of carbonyl (C=O) groups is 1. The monoisotopic (exact) mass is 216 g/mol. The van der Waals surface area contributed by atoms with Gasteiger partial charge >= 0.3 is 0 Å². The molecule has 0 spiro atoms. The lowest BCUT2D eigenvalue weighted by Gasteiger charge is -2.10. The summed E-state index contributed by atoms with van der Waals surface area (Å²) in [5.41, 5.74) is 4.24. The number of hydrogen-bond acceptors (Lipinski definition) is 2. The minimum Gasteiger partial charge on any atom is -0.548 e. The predicted octanol–water partition coefficient (Wildman–Crippen LogP) is 1.32. The summed E-state index contributed by atoms with van der Waals surface area (Å²) in [5.74, 6) is -1.06. The first kappa shape index (κ1) is 10.7. The summed E-state index contributed by atoms with van der Waals surface area (Å²) in [6.45, 7) is 5.87. The summed E-state index contributed by atoms with van der Waals surface area (Å²) < 4.78 is 1.79. The zero-order chi connectivity index (χ0) is 11.9. The smallest absolute Gasteiger partial charge is 0.0624 e. The van der Waals surface area contributed by atoms with E-state index >= 15 is 0 Å². The summed E-state index contributed by atoms with van der Waals surface area (Å²) in [7, 11) is 0. The van der Waals surface area contributed by atoms with Crippen molar-refractivity contribution in [3.8, 4) is 0 Å². The maximum atomic E-state index is 10.7. The van der Waals surface area contributed by atoms with Crippen LogP contribution in [0.5, 0.6) is 0 Å². The quantitative estimate of drug-likeness (QED) is 0.760. The fourth-order valence-corrected chi connectivity index (χ4v) is 2.28. The Morgan fingerprint density at radius 2 is 1.94 bits per heavy atom. The first-order valence-corrected chi connectivity index (χ1v) is 5.26. The van der Waals surface area contributed by atoms with Crippen LogP contribution in [0.15, 0.2) is 18.2 Å². The lowest BCUT2D eigenvalue weighted by molar-refractivity contribution is -0.306. The van der Waals surface area contributed by atoms with E-state index in [0.29, 0.717) is 0 Å². The van der Waals surface area contributed by atoms with Crippen LogP contribution in [0.3, 0.4) is 0 Å². The molecule has 2 aromatic rings. The van der Waals surface area contributed by atoms with Crippen LogP contribution in [0.1, 0.15) is 16.8 Å². The lowest BCUT2D eigenvalue weighted by atomic mass is 10.1. The Morgan fingerprint density at radius 3 is 2.56 bits per heavy atom. The number of aryl methyl sites for hydroxylation is 3. The van der Waals surface area contributed by atoms with Crippen molar-refractivity contribution in [1.29, 1.82) is 0 Å². The Labute approximate surface area is 94.3 Å². The third kappa shape index (κ3) is 1.69. The highest BCUT2D eigenvalue weighted by Crippen LogP contribution is 2.24. The van der Waals surface area contributed by atoms with Gasteiger partial charge in [-0.05, 0) is 38.5 Å². The molecule has 0 fully saturated rings. The van der Waals surface area contributed by atoms with E-state index in [0.717, 1.165) is 22.2 Å². The molecule has 1 heterocycles. The molecule has 0 bridgehead atoms. The molecule has 2 rings (SSSR count). The molecule has 0 atom stereocenters. The minimum absolute atomic E-state index is 0.0841. The molecule has 0 radical (unpaired) electrons. The van der Waals surface area contributed by atoms with Crippen LogP contribution in [0.2, 0.25) is 0 Å². The van der Waals surface area contributed by atoms with Gasteiger partial charge in [-0.3, -0.25) is 0 Å². The van der Waals surface area contributed by atoms with Gasteiger partial charge < -0.3 is 14.5 Å². The molecule has 0 saturated carbocycles. The van der Waals surface area contributed by atoms with Crippen molar-refractivity contribution in [2.24, 2.45) is 0 Å². The Balaban J connectivity index is 2.73. The van der Waals surface area contributed by atoms with Gasteiger partial charge in [-0.2, -0.15) is 0 Å². The normalized spacial score (nSPS) is 10.9. The first-order chi connectivity index (χ1) is 7.49. The molecule has 0 saturated heterocycles. The number of nitrogens with zero attached hydrogens (tertiary/aromatic N) is 1. The predicted molar refractivity (Wildman–Crippen MR) is 61.2 cm³/mol. The molecule has 16 heavy (non-hydrogen) atoms. The molecule has 0 N–H and O–H groups in total. The molecule has 1 aromatic heterocycles. The Kier molecular flexibility index (Phi) is 2.46. The standard InChI is InChI=1S/C13H15NO2/c1-8-4-9(2)13-11(5-8)6-10(3)14(13)7-12(15)16/h4-6H,7H2,1-3H3,(H,15,16)/p-1. The lowest BCUT2D eigenvalue weighted by Crippen LogP contribution is -2.27. The van der Waals surface area contributed by atoms with E-state index in [1.165, 1.54) is 5.56 Å². The molecule has 3 nitrogen and oxygen atoms in total. The van der Waals surface area contributed by atoms with Crippen molar-refractivity contribution in [2.75, 3.05) is 0 Å². The molecule has 0 aliphatic rings. The SMILES string of the molecule is Cc1cc(C)c2c(c1)cc(C)n2CC(=O)[O-]. The molecule has 0 amide bonds. The van der Waals surface area contributed by atoms with Gasteiger partial charge in [-0.15, -0.1) is 0 Å². The molecular weight excluding hydrogens is 202 g/mol. The number of hydrogen-bond donors (Lipinski definition) is 0. The van der Waals surface area contributed by atoms with Gasteiger partial charge in [0.05, 0.1) is 18.0 Å². The maximum absolute atomic E-state index is 10.7. The van der Waals surface area contributed by atoms with Gasteiger partial charge in [0, 0.05) is 11.1 Å². The fourth-order valence-electron chi connectivity index (χ4n) is 2.28. The Bertz CT molecular complexity index is 567. The maximum Gasteiger partial charge on any atom is 0.0624 e. The zero-order valence-corrected chi connectivity index (χ0v) is 9.70. The van der Waals surface area contributed by atoms with Crippen LogP contribution in [0.25, 0.3) is 10.9 Å². The summed E-state index contributed by atoms with van der Waals surface area (Å²) in [6, 6.07) is 6.15. The number of benzene rings is 1. The number of fused-ring (bicyclic) bond motifs is 1. The number of aliphatic carboxylic acids is 1. The van der Waals surface area contributed by atoms with E-state index in [4.69, 9.17) is 0 Å². The molecule has 0 aliphatic carbocycles. The Morgan fingerprint density at radius 1 is 1.25 bits per heavy atom. The summed E-state index contributed by atoms with van der Waals surface area (Å²) in [6.07, 6.45) is 0. The highest BCUT2D eigenvalue weighted by Gasteiger charge is 2.08. The first-order valence-electron chi connectivity index (χ1n) is 5.26. The third-order valence-electron chi connectivity index (χ3n) is 2.82. The number of carbonyl (C=O) groups excluding carboxylic acids is 1. The zero-order valence-electron chi connectivity index (χ0n) is 9.70. The molecular formula is C13H14NO2-. The summed E-state index contributed by atoms with van der Waals surface area (Å²) >= 11 is 0. The van der Waals surface area contributed by atoms with E-state index in [9.17, 15) is 9.90 Å². The van der Waals surface area contributed by atoms with Gasteiger partial charge in [0.1, 0.15) is 0 Å². The minimum atomic E-state index is -1.06. The average molecular weight is 216 g/mol. The van der Waals surface area contributed by atoms with Crippen LogP contribution in [0, 0.1) is 20.8 Å². The largest absolute Gasteiger partial charge is 0.548 e. The molecule has 0 unspecified atom stereocenters.